The fraction of sp³-hybridized carbons (Fsp3) is 0.548. The standard InChI is InChI=1S/C31H41ClFNO3/c1-2-3-4-5-6-7-8-15-30(36)37-31(26-16-18-27(32)19-17-26)20-11-22-34(24-31)21-10-14-29(35)25-12-9-13-28(33)23-25/h9,12-13,16-19,23H,2-8,10-11,14-15,20-22,24H2,1H3. The van der Waals surface area contributed by atoms with E-state index in [4.69, 9.17) is 16.3 Å². The van der Waals surface area contributed by atoms with Crippen LogP contribution in [0.2, 0.25) is 5.02 Å². The number of piperidine rings is 1. The molecule has 1 unspecified atom stereocenters. The lowest BCUT2D eigenvalue weighted by Crippen LogP contribution is -2.49. The fourth-order valence-corrected chi connectivity index (χ4v) is 5.32. The van der Waals surface area contributed by atoms with E-state index in [1.807, 2.05) is 24.3 Å². The fourth-order valence-electron chi connectivity index (χ4n) is 5.19. The summed E-state index contributed by atoms with van der Waals surface area (Å²) in [6, 6.07) is 13.5. The number of rotatable bonds is 15. The minimum atomic E-state index is -0.715. The van der Waals surface area contributed by atoms with E-state index in [9.17, 15) is 14.0 Å². The summed E-state index contributed by atoms with van der Waals surface area (Å²) in [6.07, 6.45) is 11.2. The van der Waals surface area contributed by atoms with Crippen LogP contribution < -0.4 is 0 Å². The number of hydrogen-bond donors (Lipinski definition) is 0. The van der Waals surface area contributed by atoms with Gasteiger partial charge in [-0.1, -0.05) is 81.3 Å². The highest BCUT2D eigenvalue weighted by Crippen LogP contribution is 2.37. The molecule has 0 bridgehead atoms. The summed E-state index contributed by atoms with van der Waals surface area (Å²) in [5.74, 6) is -0.596. The third kappa shape index (κ3) is 9.54. The first-order valence-corrected chi connectivity index (χ1v) is 14.3. The van der Waals surface area contributed by atoms with E-state index in [-0.39, 0.29) is 11.8 Å². The SMILES string of the molecule is CCCCCCCCCC(=O)OC1(c2ccc(Cl)cc2)CCCN(CCCC(=O)c2cccc(F)c2)C1. The number of carbonyl (C=O) groups excluding carboxylic acids is 2. The third-order valence-electron chi connectivity index (χ3n) is 7.22. The maximum absolute atomic E-state index is 13.5. The van der Waals surface area contributed by atoms with Gasteiger partial charge in [0.15, 0.2) is 5.78 Å². The predicted octanol–water partition coefficient (Wildman–Crippen LogP) is 8.12. The number of hydrogen-bond acceptors (Lipinski definition) is 4. The monoisotopic (exact) mass is 529 g/mol. The molecule has 3 rings (SSSR count). The zero-order valence-electron chi connectivity index (χ0n) is 22.2. The molecule has 0 aromatic heterocycles. The predicted molar refractivity (Wildman–Crippen MR) is 147 cm³/mol. The number of benzene rings is 2. The van der Waals surface area contributed by atoms with Gasteiger partial charge in [0.25, 0.3) is 0 Å². The Kier molecular flexibility index (Phi) is 12.1. The van der Waals surface area contributed by atoms with Gasteiger partial charge in [-0.05, 0) is 68.6 Å². The largest absolute Gasteiger partial charge is 0.453 e. The van der Waals surface area contributed by atoms with Gasteiger partial charge in [-0.3, -0.25) is 14.5 Å². The maximum Gasteiger partial charge on any atom is 0.306 e. The lowest BCUT2D eigenvalue weighted by Gasteiger charge is -2.42. The summed E-state index contributed by atoms with van der Waals surface area (Å²) >= 11 is 6.15. The number of ketones is 1. The van der Waals surface area contributed by atoms with Crippen LogP contribution in [0, 0.1) is 5.82 Å². The third-order valence-corrected chi connectivity index (χ3v) is 7.47. The number of ether oxygens (including phenoxy) is 1. The van der Waals surface area contributed by atoms with Crippen molar-refractivity contribution in [2.24, 2.45) is 0 Å². The molecule has 1 saturated heterocycles. The highest BCUT2D eigenvalue weighted by Gasteiger charge is 2.40. The molecule has 37 heavy (non-hydrogen) atoms. The molecule has 0 saturated carbocycles. The van der Waals surface area contributed by atoms with Crippen molar-refractivity contribution in [2.75, 3.05) is 19.6 Å². The number of halogens is 2. The van der Waals surface area contributed by atoms with Crippen LogP contribution in [0.4, 0.5) is 4.39 Å². The summed E-state index contributed by atoms with van der Waals surface area (Å²) in [4.78, 5) is 27.7. The molecule has 0 N–H and O–H groups in total. The van der Waals surface area contributed by atoms with Crippen molar-refractivity contribution in [3.8, 4) is 0 Å². The number of carbonyl (C=O) groups is 2. The van der Waals surface area contributed by atoms with E-state index < -0.39 is 11.4 Å². The van der Waals surface area contributed by atoms with Gasteiger partial charge in [0.2, 0.25) is 0 Å². The Hall–Kier alpha value is -2.24. The van der Waals surface area contributed by atoms with Crippen molar-refractivity contribution in [1.29, 1.82) is 0 Å². The molecule has 1 aliphatic rings. The lowest BCUT2D eigenvalue weighted by molar-refractivity contribution is -0.168. The maximum atomic E-state index is 13.5. The number of unbranched alkanes of at least 4 members (excludes halogenated alkanes) is 6. The summed E-state index contributed by atoms with van der Waals surface area (Å²) in [5.41, 5.74) is 0.659. The minimum absolute atomic E-state index is 0.0541. The molecule has 1 aliphatic heterocycles. The highest BCUT2D eigenvalue weighted by molar-refractivity contribution is 6.30. The zero-order chi connectivity index (χ0) is 26.5. The van der Waals surface area contributed by atoms with Gasteiger partial charge < -0.3 is 4.74 Å². The molecule has 1 fully saturated rings. The van der Waals surface area contributed by atoms with Crippen LogP contribution in [0.3, 0.4) is 0 Å². The number of nitrogens with zero attached hydrogens (tertiary/aromatic N) is 1. The first kappa shape index (κ1) is 29.3. The van der Waals surface area contributed by atoms with Gasteiger partial charge >= 0.3 is 5.97 Å². The number of Topliss-reactive ketones (excluding diaryl/α,β-unsaturated/α-hetero) is 1. The molecule has 202 valence electrons. The molecule has 0 radical (unpaired) electrons. The van der Waals surface area contributed by atoms with E-state index in [1.54, 1.807) is 12.1 Å². The Balaban J connectivity index is 1.57. The average molecular weight is 530 g/mol. The smallest absolute Gasteiger partial charge is 0.306 e. The molecular weight excluding hydrogens is 489 g/mol. The van der Waals surface area contributed by atoms with Gasteiger partial charge in [0.05, 0.1) is 0 Å². The zero-order valence-corrected chi connectivity index (χ0v) is 22.9. The van der Waals surface area contributed by atoms with Crippen molar-refractivity contribution < 1.29 is 18.7 Å². The Morgan fingerprint density at radius 2 is 1.70 bits per heavy atom. The molecule has 6 heteroatoms. The summed E-state index contributed by atoms with van der Waals surface area (Å²) in [7, 11) is 0. The van der Waals surface area contributed by atoms with Crippen molar-refractivity contribution in [3.63, 3.8) is 0 Å². The normalized spacial score (nSPS) is 18.0. The van der Waals surface area contributed by atoms with Crippen LogP contribution in [0.15, 0.2) is 48.5 Å². The topological polar surface area (TPSA) is 46.6 Å². The van der Waals surface area contributed by atoms with Crippen molar-refractivity contribution in [1.82, 2.24) is 4.90 Å². The van der Waals surface area contributed by atoms with Crippen LogP contribution in [-0.2, 0) is 15.1 Å². The van der Waals surface area contributed by atoms with Gasteiger partial charge in [-0.15, -0.1) is 0 Å². The summed E-state index contributed by atoms with van der Waals surface area (Å²) in [5, 5.41) is 0.650. The van der Waals surface area contributed by atoms with Crippen LogP contribution in [0.25, 0.3) is 0 Å². The lowest BCUT2D eigenvalue weighted by atomic mass is 9.85. The second-order valence-corrected chi connectivity index (χ2v) is 10.7. The first-order valence-electron chi connectivity index (χ1n) is 13.9. The van der Waals surface area contributed by atoms with Crippen molar-refractivity contribution >= 4 is 23.4 Å². The molecule has 1 atom stereocenters. The van der Waals surface area contributed by atoms with Gasteiger partial charge in [-0.25, -0.2) is 4.39 Å². The molecule has 1 heterocycles. The molecular formula is C31H41ClFNO3. The van der Waals surface area contributed by atoms with Gasteiger partial charge in [0.1, 0.15) is 11.4 Å². The van der Waals surface area contributed by atoms with Crippen LogP contribution >= 0.6 is 11.6 Å². The van der Waals surface area contributed by atoms with Crippen LogP contribution in [0.5, 0.6) is 0 Å². The number of esters is 1. The van der Waals surface area contributed by atoms with E-state index in [1.165, 1.54) is 37.8 Å². The van der Waals surface area contributed by atoms with Gasteiger partial charge in [0, 0.05) is 30.0 Å². The second-order valence-electron chi connectivity index (χ2n) is 10.3. The van der Waals surface area contributed by atoms with E-state index in [0.29, 0.717) is 42.9 Å². The summed E-state index contributed by atoms with van der Waals surface area (Å²) < 4.78 is 19.7. The van der Waals surface area contributed by atoms with Crippen LogP contribution in [0.1, 0.15) is 99.9 Å². The second kappa shape index (κ2) is 15.2. The molecule has 2 aromatic rings. The molecule has 0 spiro atoms. The molecule has 4 nitrogen and oxygen atoms in total. The minimum Gasteiger partial charge on any atom is -0.453 e. The average Bonchev–Trinajstić information content (AvgIpc) is 2.88. The van der Waals surface area contributed by atoms with Gasteiger partial charge in [-0.2, -0.15) is 0 Å². The number of likely N-dealkylation sites (tertiary alicyclic amines) is 1. The van der Waals surface area contributed by atoms with E-state index in [0.717, 1.165) is 44.2 Å². The molecule has 0 amide bonds. The van der Waals surface area contributed by atoms with Crippen LogP contribution in [-0.4, -0.2) is 36.3 Å². The first-order chi connectivity index (χ1) is 17.9. The Bertz CT molecular complexity index is 996. The quantitative estimate of drug-likeness (QED) is 0.133. The Labute approximate surface area is 226 Å². The highest BCUT2D eigenvalue weighted by atomic mass is 35.5. The van der Waals surface area contributed by atoms with E-state index >= 15 is 0 Å². The molecule has 0 aliphatic carbocycles. The molecule has 2 aromatic carbocycles. The van der Waals surface area contributed by atoms with Crippen molar-refractivity contribution in [3.05, 3.63) is 70.5 Å². The summed E-state index contributed by atoms with van der Waals surface area (Å²) in [6.45, 7) is 4.40. The Morgan fingerprint density at radius 3 is 2.43 bits per heavy atom. The van der Waals surface area contributed by atoms with E-state index in [2.05, 4.69) is 11.8 Å². The Morgan fingerprint density at radius 1 is 0.973 bits per heavy atom. The van der Waals surface area contributed by atoms with Crippen molar-refractivity contribution in [2.45, 2.75) is 89.6 Å².